The number of carboxylic acid groups (broad SMARTS) is 1. The number of carbonyl (C=O) groups is 3. The minimum atomic E-state index is -4.93. The Kier molecular flexibility index (Phi) is 7.29. The number of Topliss-reactive ketones (excluding diaryl/α,β-unsaturated/α-hetero) is 1. The van der Waals surface area contributed by atoms with Gasteiger partial charge in [-0.25, -0.2) is 0 Å². The van der Waals surface area contributed by atoms with E-state index >= 15 is 0 Å². The van der Waals surface area contributed by atoms with E-state index in [2.05, 4.69) is 10.1 Å². The van der Waals surface area contributed by atoms with Crippen LogP contribution in [0.15, 0.2) is 18.6 Å². The minimum Gasteiger partial charge on any atom is -0.481 e. The molecule has 8 nitrogen and oxygen atoms in total. The van der Waals surface area contributed by atoms with E-state index in [-0.39, 0.29) is 77.4 Å². The van der Waals surface area contributed by atoms with Gasteiger partial charge in [-0.15, -0.1) is 0 Å². The number of fused-ring (bicyclic) bond motifs is 3. The summed E-state index contributed by atoms with van der Waals surface area (Å²) in [6.45, 7) is 7.56. The van der Waals surface area contributed by atoms with Gasteiger partial charge in [0.2, 0.25) is 0 Å². The summed E-state index contributed by atoms with van der Waals surface area (Å²) in [5.74, 6) is -2.61. The molecule has 0 aliphatic heterocycles. The number of aromatic nitrogens is 3. The van der Waals surface area contributed by atoms with Crippen molar-refractivity contribution in [2.45, 2.75) is 77.9 Å². The number of ketones is 1. The number of halogens is 5. The second kappa shape index (κ2) is 9.94. The van der Waals surface area contributed by atoms with Gasteiger partial charge in [0.15, 0.2) is 11.5 Å². The van der Waals surface area contributed by atoms with Crippen LogP contribution in [0.4, 0.5) is 13.2 Å². The second-order valence-electron chi connectivity index (χ2n) is 13.2. The first kappa shape index (κ1) is 30.8. The molecule has 4 aliphatic rings. The molecule has 13 heteroatoms. The first-order valence-electron chi connectivity index (χ1n) is 13.9. The van der Waals surface area contributed by atoms with Crippen molar-refractivity contribution in [3.63, 3.8) is 0 Å². The Bertz CT molecular complexity index is 1410. The third-order valence-corrected chi connectivity index (χ3v) is 11.4. The minimum absolute atomic E-state index is 0.0260. The maximum absolute atomic E-state index is 14.8. The summed E-state index contributed by atoms with van der Waals surface area (Å²) in [5, 5.41) is 13.8. The fraction of sp³-hybridized carbons (Fsp3) is 0.621. The maximum Gasteiger partial charge on any atom is 0.433 e. The van der Waals surface area contributed by atoms with Crippen LogP contribution in [0.1, 0.15) is 92.6 Å². The molecular formula is C29H33Cl2F3N4O4. The summed E-state index contributed by atoms with van der Waals surface area (Å²) in [7, 11) is 0. The molecule has 0 radical (unpaired) electrons. The summed E-state index contributed by atoms with van der Waals surface area (Å²) in [6, 6.07) is 0. The Morgan fingerprint density at radius 2 is 1.50 bits per heavy atom. The highest BCUT2D eigenvalue weighted by atomic mass is 35.5. The van der Waals surface area contributed by atoms with Gasteiger partial charge in [0, 0.05) is 18.9 Å². The molecule has 228 valence electrons. The molecule has 4 saturated carbocycles. The molecule has 0 aromatic carbocycles. The molecule has 2 aromatic heterocycles. The molecule has 6 rings (SSSR count). The van der Waals surface area contributed by atoms with Gasteiger partial charge in [0.1, 0.15) is 0 Å². The van der Waals surface area contributed by atoms with E-state index in [1.54, 1.807) is 0 Å². The topological polar surface area (TPSA) is 105 Å². The number of carboxylic acids is 1. The second-order valence-corrected chi connectivity index (χ2v) is 14.0. The number of rotatable bonds is 8. The molecule has 0 atom stereocenters. The van der Waals surface area contributed by atoms with Crippen molar-refractivity contribution in [1.82, 2.24) is 19.7 Å². The average Bonchev–Trinajstić information content (AvgIpc) is 3.22. The Hall–Kier alpha value is -2.66. The Morgan fingerprint density at radius 1 is 0.976 bits per heavy atom. The van der Waals surface area contributed by atoms with Crippen molar-refractivity contribution in [2.75, 3.05) is 13.1 Å². The third-order valence-electron chi connectivity index (χ3n) is 10.9. The van der Waals surface area contributed by atoms with Gasteiger partial charge in [-0.1, -0.05) is 50.9 Å². The van der Waals surface area contributed by atoms with E-state index in [4.69, 9.17) is 23.2 Å². The van der Waals surface area contributed by atoms with Crippen molar-refractivity contribution in [2.24, 2.45) is 22.2 Å². The zero-order chi connectivity index (χ0) is 31.0. The lowest BCUT2D eigenvalue weighted by atomic mass is 9.57. The van der Waals surface area contributed by atoms with Crippen LogP contribution < -0.4 is 0 Å². The molecule has 1 amide bonds. The summed E-state index contributed by atoms with van der Waals surface area (Å²) >= 11 is 12.4. The molecule has 4 fully saturated rings. The molecule has 4 aliphatic carbocycles. The van der Waals surface area contributed by atoms with Crippen molar-refractivity contribution in [3.05, 3.63) is 45.5 Å². The smallest absolute Gasteiger partial charge is 0.433 e. The molecule has 42 heavy (non-hydrogen) atoms. The normalized spacial score (nSPS) is 26.2. The van der Waals surface area contributed by atoms with Crippen LogP contribution in [0.5, 0.6) is 0 Å². The van der Waals surface area contributed by atoms with Gasteiger partial charge in [0.25, 0.3) is 5.91 Å². The largest absolute Gasteiger partial charge is 0.481 e. The zero-order valence-electron chi connectivity index (χ0n) is 23.8. The third kappa shape index (κ3) is 4.71. The average molecular weight is 630 g/mol. The van der Waals surface area contributed by atoms with Crippen LogP contribution in [-0.2, 0) is 16.5 Å². The Morgan fingerprint density at radius 3 is 1.95 bits per heavy atom. The molecular weight excluding hydrogens is 596 g/mol. The van der Waals surface area contributed by atoms with E-state index in [1.165, 1.54) is 12.4 Å². The van der Waals surface area contributed by atoms with Crippen molar-refractivity contribution >= 4 is 40.9 Å². The number of hydrogen-bond acceptors (Lipinski definition) is 5. The van der Waals surface area contributed by atoms with Crippen LogP contribution in [0.3, 0.4) is 0 Å². The number of pyridine rings is 1. The van der Waals surface area contributed by atoms with Gasteiger partial charge in [-0.2, -0.15) is 18.3 Å². The highest BCUT2D eigenvalue weighted by Gasteiger charge is 2.65. The van der Waals surface area contributed by atoms with Crippen LogP contribution in [0, 0.1) is 22.2 Å². The van der Waals surface area contributed by atoms with Crippen LogP contribution in [0.25, 0.3) is 0 Å². The predicted molar refractivity (Wildman–Crippen MR) is 149 cm³/mol. The molecule has 0 unspecified atom stereocenters. The first-order chi connectivity index (χ1) is 19.4. The maximum atomic E-state index is 14.8. The fourth-order valence-electron chi connectivity index (χ4n) is 7.27. The molecule has 0 spiro atoms. The molecule has 2 bridgehead atoms. The standard InChI is InChI=1S/C29H33Cl2F3N4O4/c1-25(2)20(26(25,3)4)15-37(14-19(39)21-17(30)12-35-13-18(21)31)23(40)16-11-36-38(22(16)29(32,33)34)28-8-5-27(6-9-28,7-10-28)24(41)42/h11-13,20H,5-10,14-15H2,1-4H3,(H,41,42). The van der Waals surface area contributed by atoms with E-state index in [0.29, 0.717) is 0 Å². The lowest BCUT2D eigenvalue weighted by Crippen LogP contribution is -2.52. The summed E-state index contributed by atoms with van der Waals surface area (Å²) in [4.78, 5) is 44.3. The van der Waals surface area contributed by atoms with Crippen LogP contribution in [0.2, 0.25) is 10.0 Å². The predicted octanol–water partition coefficient (Wildman–Crippen LogP) is 6.75. The number of amides is 1. The summed E-state index contributed by atoms with van der Waals surface area (Å²) < 4.78 is 45.2. The summed E-state index contributed by atoms with van der Waals surface area (Å²) in [6.07, 6.45) is -0.178. The van der Waals surface area contributed by atoms with Gasteiger partial charge in [-0.3, -0.25) is 24.0 Å². The van der Waals surface area contributed by atoms with Crippen molar-refractivity contribution in [3.8, 4) is 0 Å². The Balaban J connectivity index is 1.53. The van der Waals surface area contributed by atoms with E-state index in [0.717, 1.165) is 15.8 Å². The quantitative estimate of drug-likeness (QED) is 0.324. The van der Waals surface area contributed by atoms with Crippen molar-refractivity contribution < 1.29 is 32.7 Å². The number of aliphatic carboxylic acids is 1. The number of carbonyl (C=O) groups excluding carboxylic acids is 2. The number of alkyl halides is 3. The van der Waals surface area contributed by atoms with E-state index in [1.807, 2.05) is 27.7 Å². The van der Waals surface area contributed by atoms with Crippen molar-refractivity contribution in [1.29, 1.82) is 0 Å². The van der Waals surface area contributed by atoms with Gasteiger partial charge in [-0.05, 0) is 55.3 Å². The van der Waals surface area contributed by atoms with Crippen LogP contribution in [-0.4, -0.2) is 55.5 Å². The number of nitrogens with zero attached hydrogens (tertiary/aromatic N) is 4. The van der Waals surface area contributed by atoms with Gasteiger partial charge >= 0.3 is 12.1 Å². The van der Waals surface area contributed by atoms with Gasteiger partial charge in [0.05, 0.1) is 44.9 Å². The van der Waals surface area contributed by atoms with Crippen LogP contribution >= 0.6 is 23.2 Å². The lowest BCUT2D eigenvalue weighted by Gasteiger charge is -2.51. The van der Waals surface area contributed by atoms with E-state index < -0.39 is 52.6 Å². The SMILES string of the molecule is CC1(C)C(CN(CC(=O)c2c(Cl)cncc2Cl)C(=O)c2cnn(C34CCC(C(=O)O)(CC3)CC4)c2C(F)(F)F)C1(C)C. The number of hydrogen-bond donors (Lipinski definition) is 1. The molecule has 0 saturated heterocycles. The highest BCUT2D eigenvalue weighted by molar-refractivity contribution is 6.39. The highest BCUT2D eigenvalue weighted by Crippen LogP contribution is 2.68. The molecule has 1 N–H and O–H groups in total. The fourth-order valence-corrected chi connectivity index (χ4v) is 7.85. The summed E-state index contributed by atoms with van der Waals surface area (Å²) in [5.41, 5.74) is -4.30. The molecule has 2 heterocycles. The molecule has 2 aromatic rings. The monoisotopic (exact) mass is 628 g/mol. The van der Waals surface area contributed by atoms with E-state index in [9.17, 15) is 32.7 Å². The van der Waals surface area contributed by atoms with Gasteiger partial charge < -0.3 is 10.0 Å². The lowest BCUT2D eigenvalue weighted by molar-refractivity contribution is -0.163. The Labute approximate surface area is 251 Å². The zero-order valence-corrected chi connectivity index (χ0v) is 25.3. The first-order valence-corrected chi connectivity index (χ1v) is 14.6.